The lowest BCUT2D eigenvalue weighted by Gasteiger charge is -2.20. The number of carbonyl (C=O) groups is 2. The Morgan fingerprint density at radius 2 is 2.14 bits per heavy atom. The molecule has 0 aliphatic carbocycles. The molecule has 0 fully saturated rings. The maximum absolute atomic E-state index is 13.5. The largest absolute Gasteiger partial charge is 0.493 e. The van der Waals surface area contributed by atoms with Crippen molar-refractivity contribution in [2.45, 2.75) is 6.54 Å². The fourth-order valence-electron chi connectivity index (χ4n) is 3.24. The van der Waals surface area contributed by atoms with Gasteiger partial charge in [0.15, 0.2) is 23.7 Å². The second kappa shape index (κ2) is 7.83. The summed E-state index contributed by atoms with van der Waals surface area (Å²) in [4.78, 5) is 26.2. The number of furan rings is 1. The van der Waals surface area contributed by atoms with E-state index in [1.165, 1.54) is 30.2 Å². The lowest BCUT2D eigenvalue weighted by atomic mass is 10.2. The highest BCUT2D eigenvalue weighted by Gasteiger charge is 2.22. The van der Waals surface area contributed by atoms with Crippen LogP contribution in [-0.4, -0.2) is 43.5 Å². The van der Waals surface area contributed by atoms with Crippen LogP contribution < -0.4 is 14.8 Å². The van der Waals surface area contributed by atoms with E-state index in [1.54, 1.807) is 12.1 Å². The number of rotatable bonds is 5. The predicted molar refractivity (Wildman–Crippen MR) is 102 cm³/mol. The standard InChI is InChI=1S/C21H19FN2O5/c1-27-17-4-2-3-13-10-18(29-20(13)17)21(26)23-7-8-24-11-14-9-15(22)5-6-16(14)28-12-19(24)25/h2-6,9-10H,7-8,11-12H2,1H3,(H,23,26). The molecule has 4 rings (SSSR count). The van der Waals surface area contributed by atoms with E-state index < -0.39 is 11.7 Å². The van der Waals surface area contributed by atoms with Crippen LogP contribution in [0.4, 0.5) is 4.39 Å². The Bertz CT molecular complexity index is 1080. The Hall–Kier alpha value is -3.55. The number of hydrogen-bond acceptors (Lipinski definition) is 5. The van der Waals surface area contributed by atoms with Gasteiger partial charge >= 0.3 is 0 Å². The molecule has 0 unspecified atom stereocenters. The van der Waals surface area contributed by atoms with Gasteiger partial charge in [0.05, 0.1) is 7.11 Å². The zero-order chi connectivity index (χ0) is 20.4. The first-order chi connectivity index (χ1) is 14.0. The molecule has 3 aromatic rings. The van der Waals surface area contributed by atoms with Crippen LogP contribution in [0.25, 0.3) is 11.0 Å². The van der Waals surface area contributed by atoms with Gasteiger partial charge in [0.1, 0.15) is 11.6 Å². The van der Waals surface area contributed by atoms with Crippen LogP contribution in [0, 0.1) is 5.82 Å². The van der Waals surface area contributed by atoms with Crippen molar-refractivity contribution in [1.82, 2.24) is 10.2 Å². The molecule has 0 radical (unpaired) electrons. The number of nitrogens with one attached hydrogen (secondary N) is 1. The minimum absolute atomic E-state index is 0.129. The summed E-state index contributed by atoms with van der Waals surface area (Å²) in [7, 11) is 1.53. The first kappa shape index (κ1) is 18.8. The molecule has 29 heavy (non-hydrogen) atoms. The van der Waals surface area contributed by atoms with Gasteiger partial charge < -0.3 is 24.1 Å². The van der Waals surface area contributed by atoms with Crippen molar-refractivity contribution in [3.8, 4) is 11.5 Å². The summed E-state index contributed by atoms with van der Waals surface area (Å²) < 4.78 is 29.8. The lowest BCUT2D eigenvalue weighted by molar-refractivity contribution is -0.133. The van der Waals surface area contributed by atoms with Gasteiger partial charge in [-0.2, -0.15) is 0 Å². The van der Waals surface area contributed by atoms with E-state index in [9.17, 15) is 14.0 Å². The number of methoxy groups -OCH3 is 1. The van der Waals surface area contributed by atoms with Gasteiger partial charge in [-0.3, -0.25) is 9.59 Å². The van der Waals surface area contributed by atoms with Gasteiger partial charge in [-0.15, -0.1) is 0 Å². The highest BCUT2D eigenvalue weighted by molar-refractivity contribution is 5.97. The number of halogens is 1. The van der Waals surface area contributed by atoms with Crippen molar-refractivity contribution in [1.29, 1.82) is 0 Å². The Kier molecular flexibility index (Phi) is 5.07. The van der Waals surface area contributed by atoms with E-state index in [1.807, 2.05) is 12.1 Å². The average Bonchev–Trinajstić information content (AvgIpc) is 3.10. The zero-order valence-corrected chi connectivity index (χ0v) is 15.7. The van der Waals surface area contributed by atoms with Gasteiger partial charge in [-0.05, 0) is 30.3 Å². The van der Waals surface area contributed by atoms with Crippen LogP contribution >= 0.6 is 0 Å². The quantitative estimate of drug-likeness (QED) is 0.715. The highest BCUT2D eigenvalue weighted by Crippen LogP contribution is 2.28. The third kappa shape index (κ3) is 3.87. The number of ether oxygens (including phenoxy) is 2. The summed E-state index contributed by atoms with van der Waals surface area (Å²) in [5.74, 6) is 0.167. The fraction of sp³-hybridized carbons (Fsp3) is 0.238. The summed E-state index contributed by atoms with van der Waals surface area (Å²) in [6, 6.07) is 11.2. The van der Waals surface area contributed by atoms with Crippen molar-refractivity contribution in [2.75, 3.05) is 26.8 Å². The SMILES string of the molecule is COc1cccc2cc(C(=O)NCCN3Cc4cc(F)ccc4OCC3=O)oc12. The second-order valence-electron chi connectivity index (χ2n) is 6.60. The molecular formula is C21H19FN2O5. The molecule has 0 saturated carbocycles. The van der Waals surface area contributed by atoms with Crippen molar-refractivity contribution in [3.05, 3.63) is 59.6 Å². The topological polar surface area (TPSA) is 81.0 Å². The van der Waals surface area contributed by atoms with Crippen LogP contribution in [0.2, 0.25) is 0 Å². The molecule has 7 nitrogen and oxygen atoms in total. The molecule has 2 amide bonds. The van der Waals surface area contributed by atoms with Crippen LogP contribution in [0.3, 0.4) is 0 Å². The van der Waals surface area contributed by atoms with Crippen molar-refractivity contribution >= 4 is 22.8 Å². The third-order valence-corrected chi connectivity index (χ3v) is 4.71. The maximum Gasteiger partial charge on any atom is 0.287 e. The maximum atomic E-state index is 13.5. The summed E-state index contributed by atoms with van der Waals surface area (Å²) in [6.07, 6.45) is 0. The number of nitrogens with zero attached hydrogens (tertiary/aromatic N) is 1. The number of carbonyl (C=O) groups excluding carboxylic acids is 2. The zero-order valence-electron chi connectivity index (χ0n) is 15.7. The smallest absolute Gasteiger partial charge is 0.287 e. The highest BCUT2D eigenvalue weighted by atomic mass is 19.1. The molecule has 0 atom stereocenters. The third-order valence-electron chi connectivity index (χ3n) is 4.71. The van der Waals surface area contributed by atoms with E-state index in [0.29, 0.717) is 22.6 Å². The number of fused-ring (bicyclic) bond motifs is 2. The van der Waals surface area contributed by atoms with E-state index in [-0.39, 0.29) is 37.9 Å². The Balaban J connectivity index is 1.40. The Morgan fingerprint density at radius 3 is 2.97 bits per heavy atom. The molecule has 0 spiro atoms. The molecule has 150 valence electrons. The molecule has 0 saturated heterocycles. The molecule has 1 N–H and O–H groups in total. The van der Waals surface area contributed by atoms with Crippen LogP contribution in [0.15, 0.2) is 46.9 Å². The van der Waals surface area contributed by atoms with Crippen molar-refractivity contribution in [2.24, 2.45) is 0 Å². The Morgan fingerprint density at radius 1 is 1.28 bits per heavy atom. The van der Waals surface area contributed by atoms with Crippen molar-refractivity contribution < 1.29 is 27.9 Å². The van der Waals surface area contributed by atoms with Crippen LogP contribution in [0.5, 0.6) is 11.5 Å². The fourth-order valence-corrected chi connectivity index (χ4v) is 3.24. The number of hydrogen-bond donors (Lipinski definition) is 1. The summed E-state index contributed by atoms with van der Waals surface area (Å²) in [5, 5.41) is 3.50. The number of amides is 2. The van der Waals surface area contributed by atoms with E-state index in [4.69, 9.17) is 13.9 Å². The molecule has 1 aliphatic heterocycles. The van der Waals surface area contributed by atoms with E-state index in [2.05, 4.69) is 5.32 Å². The van der Waals surface area contributed by atoms with E-state index >= 15 is 0 Å². The normalized spacial score (nSPS) is 13.6. The van der Waals surface area contributed by atoms with Gasteiger partial charge in [-0.1, -0.05) is 12.1 Å². The lowest BCUT2D eigenvalue weighted by Crippen LogP contribution is -2.39. The summed E-state index contributed by atoms with van der Waals surface area (Å²) in [5.41, 5.74) is 1.09. The van der Waals surface area contributed by atoms with Gasteiger partial charge in [0, 0.05) is 30.6 Å². The van der Waals surface area contributed by atoms with Gasteiger partial charge in [-0.25, -0.2) is 4.39 Å². The number of para-hydroxylation sites is 1. The Labute approximate surface area is 166 Å². The van der Waals surface area contributed by atoms with Gasteiger partial charge in [0.25, 0.3) is 11.8 Å². The molecule has 0 bridgehead atoms. The molecule has 1 aliphatic rings. The molecule has 2 aromatic carbocycles. The first-order valence-corrected chi connectivity index (χ1v) is 9.09. The minimum atomic E-state index is -0.395. The van der Waals surface area contributed by atoms with Crippen LogP contribution in [0.1, 0.15) is 16.1 Å². The van der Waals surface area contributed by atoms with E-state index in [0.717, 1.165) is 5.39 Å². The molecule has 1 aromatic heterocycles. The average molecular weight is 398 g/mol. The van der Waals surface area contributed by atoms with Crippen LogP contribution in [-0.2, 0) is 11.3 Å². The predicted octanol–water partition coefficient (Wildman–Crippen LogP) is 2.73. The molecule has 2 heterocycles. The minimum Gasteiger partial charge on any atom is -0.493 e. The van der Waals surface area contributed by atoms with Gasteiger partial charge in [0.2, 0.25) is 0 Å². The summed E-state index contributed by atoms with van der Waals surface area (Å²) >= 11 is 0. The first-order valence-electron chi connectivity index (χ1n) is 9.09. The monoisotopic (exact) mass is 398 g/mol. The summed E-state index contributed by atoms with van der Waals surface area (Å²) in [6.45, 7) is 0.552. The number of benzene rings is 2. The van der Waals surface area contributed by atoms with Crippen molar-refractivity contribution in [3.63, 3.8) is 0 Å². The molecule has 8 heteroatoms. The second-order valence-corrected chi connectivity index (χ2v) is 6.60. The molecular weight excluding hydrogens is 379 g/mol.